The molecule has 2 fully saturated rings. The number of aromatic amines is 1. The first-order valence-corrected chi connectivity index (χ1v) is 8.88. The van der Waals surface area contributed by atoms with Crippen LogP contribution < -0.4 is 0 Å². The topological polar surface area (TPSA) is 54.3 Å². The van der Waals surface area contributed by atoms with Gasteiger partial charge in [-0.25, -0.2) is 0 Å². The fraction of sp³-hybridized carbons (Fsp3) is 0.562. The van der Waals surface area contributed by atoms with Crippen molar-refractivity contribution in [2.45, 2.75) is 31.2 Å². The van der Waals surface area contributed by atoms with Crippen molar-refractivity contribution in [1.29, 1.82) is 0 Å². The molecule has 2 aliphatic heterocycles. The molecule has 0 aromatic carbocycles. The van der Waals surface area contributed by atoms with E-state index in [9.17, 15) is 0 Å². The Labute approximate surface area is 134 Å². The fourth-order valence-corrected chi connectivity index (χ4v) is 4.76. The van der Waals surface area contributed by atoms with Gasteiger partial charge in [-0.15, -0.1) is 0 Å². The van der Waals surface area contributed by atoms with Crippen molar-refractivity contribution in [3.05, 3.63) is 29.7 Å². The number of rotatable bonds is 3. The van der Waals surface area contributed by atoms with Gasteiger partial charge in [0.1, 0.15) is 11.5 Å². The predicted octanol–water partition coefficient (Wildman–Crippen LogP) is 2.68. The van der Waals surface area contributed by atoms with Gasteiger partial charge in [0.05, 0.1) is 12.8 Å². The summed E-state index contributed by atoms with van der Waals surface area (Å²) in [5.74, 6) is 2.98. The molecule has 0 bridgehead atoms. The van der Waals surface area contributed by atoms with Gasteiger partial charge in [0.2, 0.25) is 0 Å². The van der Waals surface area contributed by atoms with Crippen molar-refractivity contribution in [3.63, 3.8) is 0 Å². The number of H-pyrrole nitrogens is 1. The predicted molar refractivity (Wildman–Crippen MR) is 86.9 cm³/mol. The Kier molecular flexibility index (Phi) is 3.98. The lowest BCUT2D eigenvalue weighted by atomic mass is 10.0. The first-order valence-electron chi connectivity index (χ1n) is 7.84. The van der Waals surface area contributed by atoms with Crippen molar-refractivity contribution in [2.24, 2.45) is 0 Å². The van der Waals surface area contributed by atoms with Crippen LogP contribution in [0.1, 0.15) is 17.7 Å². The molecular weight excluding hydrogens is 298 g/mol. The van der Waals surface area contributed by atoms with E-state index in [0.717, 1.165) is 49.9 Å². The summed E-state index contributed by atoms with van der Waals surface area (Å²) in [5.41, 5.74) is 2.22. The number of thioether (sulfide) groups is 1. The van der Waals surface area contributed by atoms with Gasteiger partial charge in [0, 0.05) is 42.3 Å². The van der Waals surface area contributed by atoms with Crippen LogP contribution in [0.2, 0.25) is 0 Å². The van der Waals surface area contributed by atoms with Gasteiger partial charge in [-0.2, -0.15) is 16.9 Å². The summed E-state index contributed by atoms with van der Waals surface area (Å²) in [6.07, 6.45) is 3.06. The highest BCUT2D eigenvalue weighted by Gasteiger charge is 2.34. The Morgan fingerprint density at radius 3 is 3.27 bits per heavy atom. The summed E-state index contributed by atoms with van der Waals surface area (Å²) >= 11 is 2.06. The first kappa shape index (κ1) is 14.4. The third-order valence-electron chi connectivity index (χ3n) is 4.53. The number of fused-ring (bicyclic) bond motifs is 1. The van der Waals surface area contributed by atoms with Gasteiger partial charge in [-0.3, -0.25) is 10.00 Å². The second-order valence-corrected chi connectivity index (χ2v) is 7.34. The highest BCUT2D eigenvalue weighted by Crippen LogP contribution is 2.32. The van der Waals surface area contributed by atoms with Crippen LogP contribution in [0.25, 0.3) is 11.5 Å². The van der Waals surface area contributed by atoms with Crippen LogP contribution in [0.15, 0.2) is 22.7 Å². The van der Waals surface area contributed by atoms with E-state index in [1.807, 2.05) is 25.3 Å². The minimum Gasteiger partial charge on any atom is -0.460 e. The summed E-state index contributed by atoms with van der Waals surface area (Å²) in [4.78, 5) is 2.59. The van der Waals surface area contributed by atoms with E-state index < -0.39 is 0 Å². The Bertz CT molecular complexity index is 637. The second-order valence-electron chi connectivity index (χ2n) is 5.99. The highest BCUT2D eigenvalue weighted by molar-refractivity contribution is 8.00. The summed E-state index contributed by atoms with van der Waals surface area (Å²) in [6, 6.07) is 4.62. The highest BCUT2D eigenvalue weighted by atomic mass is 32.2. The molecule has 4 rings (SSSR count). The van der Waals surface area contributed by atoms with Gasteiger partial charge in [-0.1, -0.05) is 0 Å². The Hall–Kier alpha value is -1.24. The van der Waals surface area contributed by atoms with Crippen LogP contribution in [0, 0.1) is 6.92 Å². The molecule has 2 aliphatic rings. The van der Waals surface area contributed by atoms with Gasteiger partial charge in [-0.05, 0) is 25.5 Å². The van der Waals surface area contributed by atoms with Crippen LogP contribution in [0.5, 0.6) is 0 Å². The second kappa shape index (κ2) is 6.10. The normalized spacial score (nSPS) is 26.0. The van der Waals surface area contributed by atoms with E-state index in [4.69, 9.17) is 9.15 Å². The molecule has 0 saturated carbocycles. The molecule has 22 heavy (non-hydrogen) atoms. The monoisotopic (exact) mass is 319 g/mol. The van der Waals surface area contributed by atoms with E-state index in [2.05, 4.69) is 26.9 Å². The Morgan fingerprint density at radius 1 is 1.45 bits per heavy atom. The van der Waals surface area contributed by atoms with Gasteiger partial charge >= 0.3 is 0 Å². The number of aryl methyl sites for hydroxylation is 1. The molecule has 2 aromatic rings. The van der Waals surface area contributed by atoms with E-state index in [1.54, 1.807) is 0 Å². The zero-order valence-corrected chi connectivity index (χ0v) is 13.6. The first-order chi connectivity index (χ1) is 10.8. The molecule has 1 N–H and O–H groups in total. The zero-order chi connectivity index (χ0) is 14.9. The number of aromatic nitrogens is 2. The smallest absolute Gasteiger partial charge is 0.152 e. The van der Waals surface area contributed by atoms with Crippen LogP contribution in [-0.4, -0.2) is 51.9 Å². The lowest BCUT2D eigenvalue weighted by molar-refractivity contribution is 0.0352. The molecule has 0 aliphatic carbocycles. The van der Waals surface area contributed by atoms with Crippen LogP contribution in [0.4, 0.5) is 0 Å². The molecule has 0 unspecified atom stereocenters. The van der Waals surface area contributed by atoms with Crippen molar-refractivity contribution < 1.29 is 9.15 Å². The molecule has 5 nitrogen and oxygen atoms in total. The lowest BCUT2D eigenvalue weighted by Gasteiger charge is -2.43. The summed E-state index contributed by atoms with van der Waals surface area (Å²) in [7, 11) is 0. The molecule has 118 valence electrons. The number of ether oxygens (including phenoxy) is 1. The minimum atomic E-state index is 0.615. The third-order valence-corrected chi connectivity index (χ3v) is 5.82. The maximum Gasteiger partial charge on any atom is 0.152 e. The zero-order valence-electron chi connectivity index (χ0n) is 12.7. The Morgan fingerprint density at radius 2 is 2.41 bits per heavy atom. The third kappa shape index (κ3) is 2.71. The molecule has 2 atom stereocenters. The molecule has 0 spiro atoms. The lowest BCUT2D eigenvalue weighted by Crippen LogP contribution is -2.51. The molecular formula is C16H21N3O2S. The average Bonchev–Trinajstić information content (AvgIpc) is 3.16. The minimum absolute atomic E-state index is 0.615. The van der Waals surface area contributed by atoms with Crippen LogP contribution in [0.3, 0.4) is 0 Å². The molecule has 4 heterocycles. The number of hydrogen-bond donors (Lipinski definition) is 1. The SMILES string of the molecule is Cc1ccc(-c2[nH]ncc2CN2CCS[C@H]3COCC[C@@H]32)o1. The number of hydrogen-bond acceptors (Lipinski definition) is 5. The van der Waals surface area contributed by atoms with Gasteiger partial charge < -0.3 is 9.15 Å². The summed E-state index contributed by atoms with van der Waals surface area (Å²) < 4.78 is 11.4. The molecule has 0 amide bonds. The van der Waals surface area contributed by atoms with E-state index in [1.165, 1.54) is 11.3 Å². The molecule has 2 saturated heterocycles. The summed E-state index contributed by atoms with van der Waals surface area (Å²) in [5, 5.41) is 7.95. The Balaban J connectivity index is 1.55. The van der Waals surface area contributed by atoms with Crippen molar-refractivity contribution in [2.75, 3.05) is 25.5 Å². The van der Waals surface area contributed by atoms with Crippen molar-refractivity contribution in [1.82, 2.24) is 15.1 Å². The number of nitrogens with zero attached hydrogens (tertiary/aromatic N) is 2. The van der Waals surface area contributed by atoms with E-state index in [0.29, 0.717) is 11.3 Å². The number of furan rings is 1. The fourth-order valence-electron chi connectivity index (χ4n) is 3.39. The largest absolute Gasteiger partial charge is 0.460 e. The maximum atomic E-state index is 5.75. The van der Waals surface area contributed by atoms with Crippen LogP contribution >= 0.6 is 11.8 Å². The van der Waals surface area contributed by atoms with Crippen molar-refractivity contribution in [3.8, 4) is 11.5 Å². The van der Waals surface area contributed by atoms with Gasteiger partial charge in [0.25, 0.3) is 0 Å². The quantitative estimate of drug-likeness (QED) is 0.942. The molecule has 6 heteroatoms. The maximum absolute atomic E-state index is 5.75. The standard InChI is InChI=1S/C16H21N3O2S/c1-11-2-3-14(21-11)16-12(8-17-18-16)9-19-5-7-22-15-10-20-6-4-13(15)19/h2-3,8,13,15H,4-7,9-10H2,1H3,(H,17,18)/t13-,15-/m0/s1. The van der Waals surface area contributed by atoms with E-state index >= 15 is 0 Å². The van der Waals surface area contributed by atoms with Gasteiger partial charge in [0.15, 0.2) is 5.76 Å². The van der Waals surface area contributed by atoms with Crippen molar-refractivity contribution >= 4 is 11.8 Å². The average molecular weight is 319 g/mol. The molecule has 2 aromatic heterocycles. The number of nitrogens with one attached hydrogen (secondary N) is 1. The molecule has 0 radical (unpaired) electrons. The van der Waals surface area contributed by atoms with Crippen LogP contribution in [-0.2, 0) is 11.3 Å². The van der Waals surface area contributed by atoms with E-state index in [-0.39, 0.29) is 0 Å². The summed E-state index contributed by atoms with van der Waals surface area (Å²) in [6.45, 7) is 5.80.